The number of primary amides is 1. The molecular weight excluding hydrogens is 202 g/mol. The highest BCUT2D eigenvalue weighted by molar-refractivity contribution is 6.00. The molecule has 88 valence electrons. The van der Waals surface area contributed by atoms with Gasteiger partial charge in [-0.05, 0) is 13.8 Å². The maximum Gasteiger partial charge on any atom is 0.319 e. The minimum Gasteiger partial charge on any atom is -0.480 e. The molecule has 0 heterocycles. The van der Waals surface area contributed by atoms with Crippen LogP contribution in [0.5, 0.6) is 0 Å². The number of ether oxygens (including phenoxy) is 1. The van der Waals surface area contributed by atoms with Crippen molar-refractivity contribution in [1.29, 1.82) is 0 Å². The molecule has 15 heavy (non-hydrogen) atoms. The second-order valence-corrected chi connectivity index (χ2v) is 3.52. The van der Waals surface area contributed by atoms with Crippen LogP contribution < -0.4 is 5.73 Å². The topological polar surface area (TPSA) is 110 Å². The maximum absolute atomic E-state index is 11.0. The van der Waals surface area contributed by atoms with Gasteiger partial charge in [-0.2, -0.15) is 0 Å². The molecular formula is C9H17NO5. The average molecular weight is 219 g/mol. The number of hydrogen-bond acceptors (Lipinski definition) is 4. The van der Waals surface area contributed by atoms with Crippen LogP contribution in [0.25, 0.3) is 0 Å². The van der Waals surface area contributed by atoms with Crippen LogP contribution in [-0.2, 0) is 14.3 Å². The number of rotatable bonds is 7. The van der Waals surface area contributed by atoms with E-state index < -0.39 is 23.4 Å². The van der Waals surface area contributed by atoms with E-state index in [2.05, 4.69) is 0 Å². The van der Waals surface area contributed by atoms with Crippen molar-refractivity contribution in [2.24, 2.45) is 11.1 Å². The van der Waals surface area contributed by atoms with Gasteiger partial charge in [-0.25, -0.2) is 0 Å². The van der Waals surface area contributed by atoms with Gasteiger partial charge in [-0.1, -0.05) is 0 Å². The largest absolute Gasteiger partial charge is 0.480 e. The van der Waals surface area contributed by atoms with Crippen LogP contribution in [0.15, 0.2) is 0 Å². The molecule has 0 aromatic rings. The van der Waals surface area contributed by atoms with E-state index >= 15 is 0 Å². The van der Waals surface area contributed by atoms with E-state index in [0.717, 1.165) is 0 Å². The van der Waals surface area contributed by atoms with Crippen molar-refractivity contribution in [3.05, 3.63) is 0 Å². The fourth-order valence-corrected chi connectivity index (χ4v) is 1.08. The van der Waals surface area contributed by atoms with Crippen molar-refractivity contribution in [2.75, 3.05) is 13.2 Å². The molecule has 0 aliphatic heterocycles. The number of carbonyl (C=O) groups excluding carboxylic acids is 1. The Labute approximate surface area is 88.0 Å². The van der Waals surface area contributed by atoms with Crippen LogP contribution in [0.3, 0.4) is 0 Å². The summed E-state index contributed by atoms with van der Waals surface area (Å²) in [7, 11) is 0. The maximum atomic E-state index is 11.0. The van der Waals surface area contributed by atoms with E-state index in [4.69, 9.17) is 15.6 Å². The summed E-state index contributed by atoms with van der Waals surface area (Å²) in [5, 5.41) is 18.2. The van der Waals surface area contributed by atoms with E-state index in [9.17, 15) is 14.7 Å². The molecule has 0 aliphatic carbocycles. The molecule has 2 atom stereocenters. The molecule has 0 spiro atoms. The number of carboxylic acids is 1. The highest BCUT2D eigenvalue weighted by Gasteiger charge is 2.41. The van der Waals surface area contributed by atoms with Gasteiger partial charge in [0, 0.05) is 13.0 Å². The second-order valence-electron chi connectivity index (χ2n) is 3.52. The molecule has 1 amide bonds. The van der Waals surface area contributed by atoms with E-state index in [1.165, 1.54) is 6.92 Å². The van der Waals surface area contributed by atoms with Gasteiger partial charge in [-0.3, -0.25) is 9.59 Å². The van der Waals surface area contributed by atoms with E-state index in [1.54, 1.807) is 6.92 Å². The number of carbonyl (C=O) groups is 2. The van der Waals surface area contributed by atoms with Crippen LogP contribution in [0.1, 0.15) is 20.3 Å². The highest BCUT2D eigenvalue weighted by atomic mass is 16.5. The molecule has 6 heteroatoms. The normalized spacial score (nSPS) is 16.7. The van der Waals surface area contributed by atoms with Gasteiger partial charge in [0.1, 0.15) is 5.41 Å². The molecule has 0 aromatic carbocycles. The smallest absolute Gasteiger partial charge is 0.319 e. The fraction of sp³-hybridized carbons (Fsp3) is 0.778. The summed E-state index contributed by atoms with van der Waals surface area (Å²) in [4.78, 5) is 21.8. The quantitative estimate of drug-likeness (QED) is 0.493. The molecule has 0 rings (SSSR count). The van der Waals surface area contributed by atoms with Crippen molar-refractivity contribution in [2.45, 2.75) is 26.4 Å². The lowest BCUT2D eigenvalue weighted by molar-refractivity contribution is -0.156. The van der Waals surface area contributed by atoms with E-state index in [-0.39, 0.29) is 13.0 Å². The lowest BCUT2D eigenvalue weighted by atomic mass is 9.84. The third-order valence-corrected chi connectivity index (χ3v) is 2.17. The minimum atomic E-state index is -1.75. The van der Waals surface area contributed by atoms with Crippen LogP contribution in [0, 0.1) is 5.41 Å². The zero-order chi connectivity index (χ0) is 12.1. The predicted molar refractivity (Wildman–Crippen MR) is 52.1 cm³/mol. The number of aliphatic carboxylic acids is 1. The Kier molecular flexibility index (Phi) is 5.24. The Morgan fingerprint density at radius 2 is 2.07 bits per heavy atom. The Balaban J connectivity index is 4.42. The molecule has 0 saturated heterocycles. The predicted octanol–water partition coefficient (Wildman–Crippen LogP) is -0.650. The third kappa shape index (κ3) is 3.85. The van der Waals surface area contributed by atoms with Gasteiger partial charge in [0.25, 0.3) is 0 Å². The van der Waals surface area contributed by atoms with Crippen LogP contribution in [0.4, 0.5) is 0 Å². The third-order valence-electron chi connectivity index (χ3n) is 2.17. The number of hydrogen-bond donors (Lipinski definition) is 3. The number of carboxylic acid groups (broad SMARTS) is 1. The Morgan fingerprint density at radius 1 is 1.53 bits per heavy atom. The first kappa shape index (κ1) is 13.9. The molecule has 0 radical (unpaired) electrons. The summed E-state index contributed by atoms with van der Waals surface area (Å²) in [6.07, 6.45) is -1.27. The summed E-state index contributed by atoms with van der Waals surface area (Å²) in [5.41, 5.74) is 3.22. The zero-order valence-electron chi connectivity index (χ0n) is 8.90. The van der Waals surface area contributed by atoms with Crippen LogP contribution in [-0.4, -0.2) is 41.4 Å². The van der Waals surface area contributed by atoms with Gasteiger partial charge in [0.2, 0.25) is 5.91 Å². The average Bonchev–Trinajstić information content (AvgIpc) is 2.13. The van der Waals surface area contributed by atoms with Crippen molar-refractivity contribution in [3.63, 3.8) is 0 Å². The van der Waals surface area contributed by atoms with Crippen molar-refractivity contribution in [3.8, 4) is 0 Å². The molecule has 0 aromatic heterocycles. The summed E-state index contributed by atoms with van der Waals surface area (Å²) in [6, 6.07) is 0. The van der Waals surface area contributed by atoms with Gasteiger partial charge in [-0.15, -0.1) is 0 Å². The van der Waals surface area contributed by atoms with Crippen LogP contribution in [0.2, 0.25) is 0 Å². The number of nitrogens with two attached hydrogens (primary N) is 1. The number of aliphatic hydroxyl groups is 1. The molecule has 2 unspecified atom stereocenters. The fourth-order valence-electron chi connectivity index (χ4n) is 1.08. The van der Waals surface area contributed by atoms with Gasteiger partial charge < -0.3 is 20.7 Å². The summed E-state index contributed by atoms with van der Waals surface area (Å²) >= 11 is 0. The molecule has 0 fully saturated rings. The highest BCUT2D eigenvalue weighted by Crippen LogP contribution is 2.23. The lowest BCUT2D eigenvalue weighted by Crippen LogP contribution is -2.44. The summed E-state index contributed by atoms with van der Waals surface area (Å²) < 4.78 is 4.91. The first-order valence-electron chi connectivity index (χ1n) is 4.63. The molecule has 0 saturated carbocycles. The first-order valence-corrected chi connectivity index (χ1v) is 4.63. The monoisotopic (exact) mass is 219 g/mol. The zero-order valence-corrected chi connectivity index (χ0v) is 8.90. The van der Waals surface area contributed by atoms with Crippen molar-refractivity contribution < 1.29 is 24.5 Å². The Morgan fingerprint density at radius 3 is 2.40 bits per heavy atom. The Hall–Kier alpha value is -1.14. The SMILES string of the molecule is CCOCC(O)CC(C)(C(N)=O)C(=O)O. The molecule has 4 N–H and O–H groups in total. The molecule has 6 nitrogen and oxygen atoms in total. The van der Waals surface area contributed by atoms with Gasteiger partial charge in [0.05, 0.1) is 12.7 Å². The summed E-state index contributed by atoms with van der Waals surface area (Å²) in [6.45, 7) is 3.34. The second kappa shape index (κ2) is 5.67. The first-order chi connectivity index (χ1) is 6.84. The van der Waals surface area contributed by atoms with E-state index in [1.807, 2.05) is 0 Å². The summed E-state index contributed by atoms with van der Waals surface area (Å²) in [5.74, 6) is -2.31. The lowest BCUT2D eigenvalue weighted by Gasteiger charge is -2.23. The van der Waals surface area contributed by atoms with Gasteiger partial charge in [0.15, 0.2) is 0 Å². The van der Waals surface area contributed by atoms with Crippen molar-refractivity contribution in [1.82, 2.24) is 0 Å². The number of aliphatic hydroxyl groups excluding tert-OH is 1. The van der Waals surface area contributed by atoms with E-state index in [0.29, 0.717) is 6.61 Å². The Bertz CT molecular complexity index is 227. The van der Waals surface area contributed by atoms with Crippen molar-refractivity contribution >= 4 is 11.9 Å². The van der Waals surface area contributed by atoms with Crippen LogP contribution >= 0.6 is 0 Å². The molecule has 0 bridgehead atoms. The molecule has 0 aliphatic rings. The standard InChI is InChI=1S/C9H17NO5/c1-3-15-5-6(11)4-9(2,7(10)12)8(13)14/h6,11H,3-5H2,1-2H3,(H2,10,12)(H,13,14). The minimum absolute atomic E-state index is 0.00729. The van der Waals surface area contributed by atoms with Gasteiger partial charge >= 0.3 is 5.97 Å². The number of amides is 1.